The average molecular weight is 302 g/mol. The average Bonchev–Trinajstić information content (AvgIpc) is 2.26. The van der Waals surface area contributed by atoms with Gasteiger partial charge in [-0.3, -0.25) is 4.90 Å². The first-order chi connectivity index (χ1) is 8.84. The number of rotatable bonds is 2. The molecule has 4 heteroatoms. The molecule has 0 amide bonds. The Kier molecular flexibility index (Phi) is 4.65. The Morgan fingerprint density at radius 3 is 2.05 bits per heavy atom. The van der Waals surface area contributed by atoms with E-state index < -0.39 is 0 Å². The third-order valence-corrected chi connectivity index (χ3v) is 3.97. The predicted octanol–water partition coefficient (Wildman–Crippen LogP) is 4.64. The number of hydrogen-bond donors (Lipinski definition) is 0. The van der Waals surface area contributed by atoms with Gasteiger partial charge in [-0.2, -0.15) is 0 Å². The van der Waals surface area contributed by atoms with Gasteiger partial charge in [0.1, 0.15) is 11.9 Å². The van der Waals surface area contributed by atoms with Crippen LogP contribution < -0.4 is 4.74 Å². The van der Waals surface area contributed by atoms with E-state index in [9.17, 15) is 0 Å². The molecular formula is C15H21Cl2NO. The smallest absolute Gasteiger partial charge is 0.122 e. The van der Waals surface area contributed by atoms with Gasteiger partial charge in [-0.1, -0.05) is 23.2 Å². The van der Waals surface area contributed by atoms with E-state index in [2.05, 4.69) is 25.7 Å². The Bertz CT molecular complexity index is 414. The molecule has 0 aromatic heterocycles. The highest BCUT2D eigenvalue weighted by atomic mass is 35.5. The van der Waals surface area contributed by atoms with Gasteiger partial charge < -0.3 is 4.74 Å². The quantitative estimate of drug-likeness (QED) is 0.789. The van der Waals surface area contributed by atoms with Gasteiger partial charge in [0.05, 0.1) is 0 Å². The van der Waals surface area contributed by atoms with Crippen molar-refractivity contribution in [2.75, 3.05) is 13.1 Å². The maximum absolute atomic E-state index is 5.98. The molecule has 19 heavy (non-hydrogen) atoms. The van der Waals surface area contributed by atoms with Crippen LogP contribution in [0.2, 0.25) is 10.0 Å². The second-order valence-corrected chi connectivity index (χ2v) is 6.95. The van der Waals surface area contributed by atoms with E-state index in [0.29, 0.717) is 10.0 Å². The molecular weight excluding hydrogens is 281 g/mol. The second kappa shape index (κ2) is 5.90. The van der Waals surface area contributed by atoms with Crippen molar-refractivity contribution >= 4 is 23.2 Å². The molecule has 106 valence electrons. The van der Waals surface area contributed by atoms with Crippen LogP contribution in [0, 0.1) is 0 Å². The first kappa shape index (κ1) is 15.0. The fourth-order valence-electron chi connectivity index (χ4n) is 2.43. The highest BCUT2D eigenvalue weighted by Crippen LogP contribution is 2.28. The van der Waals surface area contributed by atoms with Crippen LogP contribution >= 0.6 is 23.2 Å². The third-order valence-electron chi connectivity index (χ3n) is 3.53. The minimum absolute atomic E-state index is 0.240. The fourth-order valence-corrected chi connectivity index (χ4v) is 2.94. The molecule has 0 unspecified atom stereocenters. The monoisotopic (exact) mass is 301 g/mol. The Morgan fingerprint density at radius 1 is 1.05 bits per heavy atom. The van der Waals surface area contributed by atoms with Crippen LogP contribution in [0.15, 0.2) is 18.2 Å². The van der Waals surface area contributed by atoms with Crippen molar-refractivity contribution in [3.05, 3.63) is 28.2 Å². The molecule has 2 rings (SSSR count). The van der Waals surface area contributed by atoms with Gasteiger partial charge in [0, 0.05) is 28.7 Å². The predicted molar refractivity (Wildman–Crippen MR) is 81.4 cm³/mol. The van der Waals surface area contributed by atoms with Gasteiger partial charge in [-0.05, 0) is 51.8 Å². The van der Waals surface area contributed by atoms with Gasteiger partial charge >= 0.3 is 0 Å². The van der Waals surface area contributed by atoms with E-state index in [1.807, 2.05) is 12.1 Å². The first-order valence-corrected chi connectivity index (χ1v) is 7.48. The zero-order valence-corrected chi connectivity index (χ0v) is 13.3. The molecule has 1 aromatic carbocycles. The molecule has 1 fully saturated rings. The summed E-state index contributed by atoms with van der Waals surface area (Å²) in [5, 5.41) is 1.24. The number of likely N-dealkylation sites (tertiary alicyclic amines) is 1. The summed E-state index contributed by atoms with van der Waals surface area (Å²) in [4.78, 5) is 2.50. The SMILES string of the molecule is CC(C)(C)N1CCC(Oc2cc(Cl)cc(Cl)c2)CC1. The fraction of sp³-hybridized carbons (Fsp3) is 0.600. The van der Waals surface area contributed by atoms with Crippen LogP contribution in [0.1, 0.15) is 33.6 Å². The summed E-state index contributed by atoms with van der Waals surface area (Å²) in [5.41, 5.74) is 0.240. The summed E-state index contributed by atoms with van der Waals surface area (Å²) >= 11 is 12.0. The van der Waals surface area contributed by atoms with Crippen molar-refractivity contribution in [1.82, 2.24) is 4.90 Å². The number of piperidine rings is 1. The minimum Gasteiger partial charge on any atom is -0.490 e. The van der Waals surface area contributed by atoms with E-state index in [1.54, 1.807) is 6.07 Å². The summed E-state index contributed by atoms with van der Waals surface area (Å²) in [6.45, 7) is 8.91. The maximum Gasteiger partial charge on any atom is 0.122 e. The van der Waals surface area contributed by atoms with Crippen molar-refractivity contribution in [2.45, 2.75) is 45.3 Å². The first-order valence-electron chi connectivity index (χ1n) is 6.72. The van der Waals surface area contributed by atoms with Crippen LogP contribution in [0.3, 0.4) is 0 Å². The second-order valence-electron chi connectivity index (χ2n) is 6.08. The molecule has 0 aliphatic carbocycles. The lowest BCUT2D eigenvalue weighted by atomic mass is 9.99. The lowest BCUT2D eigenvalue weighted by Gasteiger charge is -2.40. The van der Waals surface area contributed by atoms with Crippen LogP contribution in [0.25, 0.3) is 0 Å². The van der Waals surface area contributed by atoms with Gasteiger partial charge in [0.25, 0.3) is 0 Å². The number of halogens is 2. The molecule has 1 heterocycles. The van der Waals surface area contributed by atoms with E-state index in [0.717, 1.165) is 31.7 Å². The van der Waals surface area contributed by atoms with Gasteiger partial charge in [-0.15, -0.1) is 0 Å². The number of ether oxygens (including phenoxy) is 1. The van der Waals surface area contributed by atoms with Crippen LogP contribution in [0.5, 0.6) is 5.75 Å². The normalized spacial score (nSPS) is 18.6. The Balaban J connectivity index is 1.92. The molecule has 0 atom stereocenters. The lowest BCUT2D eigenvalue weighted by Crippen LogP contribution is -2.48. The van der Waals surface area contributed by atoms with Crippen LogP contribution in [-0.4, -0.2) is 29.6 Å². The highest BCUT2D eigenvalue weighted by molar-refractivity contribution is 6.34. The summed E-state index contributed by atoms with van der Waals surface area (Å²) in [5.74, 6) is 0.770. The molecule has 1 saturated heterocycles. The van der Waals surface area contributed by atoms with Gasteiger partial charge in [0.2, 0.25) is 0 Å². The minimum atomic E-state index is 0.240. The lowest BCUT2D eigenvalue weighted by molar-refractivity contribution is 0.0492. The maximum atomic E-state index is 5.98. The Labute approximate surface area is 125 Å². The van der Waals surface area contributed by atoms with Crippen molar-refractivity contribution < 1.29 is 4.74 Å². The third kappa shape index (κ3) is 4.27. The van der Waals surface area contributed by atoms with Crippen molar-refractivity contribution in [3.63, 3.8) is 0 Å². The zero-order valence-electron chi connectivity index (χ0n) is 11.7. The van der Waals surface area contributed by atoms with Crippen LogP contribution in [0.4, 0.5) is 0 Å². The van der Waals surface area contributed by atoms with Crippen molar-refractivity contribution in [3.8, 4) is 5.75 Å². The van der Waals surface area contributed by atoms with E-state index >= 15 is 0 Å². The molecule has 0 spiro atoms. The molecule has 1 aromatic rings. The van der Waals surface area contributed by atoms with Crippen LogP contribution in [-0.2, 0) is 0 Å². The van der Waals surface area contributed by atoms with E-state index in [4.69, 9.17) is 27.9 Å². The molecule has 0 bridgehead atoms. The molecule has 0 radical (unpaired) electrons. The molecule has 2 nitrogen and oxygen atoms in total. The summed E-state index contributed by atoms with van der Waals surface area (Å²) in [6.07, 6.45) is 2.34. The van der Waals surface area contributed by atoms with E-state index in [1.165, 1.54) is 0 Å². The molecule has 1 aliphatic heterocycles. The molecule has 0 saturated carbocycles. The summed E-state index contributed by atoms with van der Waals surface area (Å²) in [6, 6.07) is 5.37. The zero-order chi connectivity index (χ0) is 14.0. The molecule has 0 N–H and O–H groups in total. The van der Waals surface area contributed by atoms with E-state index in [-0.39, 0.29) is 11.6 Å². The summed E-state index contributed by atoms with van der Waals surface area (Å²) < 4.78 is 5.98. The largest absolute Gasteiger partial charge is 0.490 e. The number of nitrogens with zero attached hydrogens (tertiary/aromatic N) is 1. The topological polar surface area (TPSA) is 12.5 Å². The standard InChI is InChI=1S/C15H21Cl2NO/c1-15(2,3)18-6-4-13(5-7-18)19-14-9-11(16)8-12(17)10-14/h8-10,13H,4-7H2,1-3H3. The highest BCUT2D eigenvalue weighted by Gasteiger charge is 2.27. The molecule has 1 aliphatic rings. The number of benzene rings is 1. The Hall–Kier alpha value is -0.440. The van der Waals surface area contributed by atoms with Crippen molar-refractivity contribution in [2.24, 2.45) is 0 Å². The number of hydrogen-bond acceptors (Lipinski definition) is 2. The van der Waals surface area contributed by atoms with Crippen molar-refractivity contribution in [1.29, 1.82) is 0 Å². The Morgan fingerprint density at radius 2 is 1.58 bits per heavy atom. The summed E-state index contributed by atoms with van der Waals surface area (Å²) in [7, 11) is 0. The van der Waals surface area contributed by atoms with Gasteiger partial charge in [-0.25, -0.2) is 0 Å². The van der Waals surface area contributed by atoms with Gasteiger partial charge in [0.15, 0.2) is 0 Å².